The van der Waals surface area contributed by atoms with Crippen molar-refractivity contribution >= 4 is 128 Å². The summed E-state index contributed by atoms with van der Waals surface area (Å²) in [6.45, 7) is 0. The van der Waals surface area contributed by atoms with Crippen molar-refractivity contribution < 1.29 is 26.3 Å². The molecule has 230 valence electrons. The Kier molecular flexibility index (Phi) is 7.58. The fourth-order valence-electron chi connectivity index (χ4n) is 4.76. The summed E-state index contributed by atoms with van der Waals surface area (Å²) in [5.74, 6) is 0. The van der Waals surface area contributed by atoms with Gasteiger partial charge in [-0.2, -0.15) is 47.4 Å². The molecule has 7 heterocycles. The lowest BCUT2D eigenvalue weighted by atomic mass is 10.1. The molecule has 0 N–H and O–H groups in total. The number of fused-ring (bicyclic) bond motifs is 7. The van der Waals surface area contributed by atoms with Gasteiger partial charge in [0.1, 0.15) is 24.3 Å². The zero-order valence-electron chi connectivity index (χ0n) is 22.4. The fraction of sp³-hybridized carbons (Fsp3) is 0.0667. The van der Waals surface area contributed by atoms with Crippen molar-refractivity contribution in [3.63, 3.8) is 0 Å². The number of thiophene rings is 7. The van der Waals surface area contributed by atoms with Crippen molar-refractivity contribution in [2.45, 2.75) is 12.4 Å². The van der Waals surface area contributed by atoms with E-state index < -0.39 is 34.6 Å². The van der Waals surface area contributed by atoms with E-state index in [4.69, 9.17) is 10.5 Å². The van der Waals surface area contributed by atoms with Crippen LogP contribution >= 0.6 is 79.4 Å². The maximum absolute atomic E-state index is 13.3. The Labute approximate surface area is 287 Å². The minimum atomic E-state index is -4.94. The number of hydrogen-bond donors (Lipinski definition) is 0. The van der Waals surface area contributed by atoms with E-state index in [0.29, 0.717) is 9.75 Å². The summed E-state index contributed by atoms with van der Waals surface area (Å²) in [5, 5.41) is 36.9. The Balaban J connectivity index is 1.25. The molecule has 0 atom stereocenters. The summed E-state index contributed by atoms with van der Waals surface area (Å²) < 4.78 is 88.4. The lowest BCUT2D eigenvalue weighted by Crippen LogP contribution is -2.12. The molecule has 0 aromatic carbocycles. The van der Waals surface area contributed by atoms with Crippen LogP contribution in [0.15, 0.2) is 47.5 Å². The van der Waals surface area contributed by atoms with Gasteiger partial charge in [0.15, 0.2) is 11.1 Å². The topological polar surface area (TPSA) is 95.2 Å². The molecule has 0 spiro atoms. The molecule has 0 radical (unpaired) electrons. The fourth-order valence-corrected chi connectivity index (χ4v) is 14.2. The van der Waals surface area contributed by atoms with Gasteiger partial charge in [0.05, 0.1) is 39.3 Å². The first-order valence-corrected chi connectivity index (χ1v) is 18.3. The van der Waals surface area contributed by atoms with E-state index in [0.717, 1.165) is 82.2 Å². The highest BCUT2D eigenvalue weighted by Gasteiger charge is 2.39. The van der Waals surface area contributed by atoms with Gasteiger partial charge in [-0.1, -0.05) is 0 Å². The van der Waals surface area contributed by atoms with E-state index in [9.17, 15) is 36.9 Å². The quantitative estimate of drug-likeness (QED) is 0.132. The number of rotatable bonds is 4. The molecule has 0 aliphatic rings. The van der Waals surface area contributed by atoms with Gasteiger partial charge in [0.2, 0.25) is 0 Å². The lowest BCUT2D eigenvalue weighted by Gasteiger charge is -2.05. The molecule has 0 bridgehead atoms. The Morgan fingerprint density at radius 2 is 0.830 bits per heavy atom. The molecule has 7 aromatic rings. The number of allylic oxidation sites excluding steroid dienone is 4. The van der Waals surface area contributed by atoms with Crippen LogP contribution in [0.25, 0.3) is 68.3 Å². The monoisotopic (exact) mass is 760 g/mol. The van der Waals surface area contributed by atoms with E-state index >= 15 is 0 Å². The maximum atomic E-state index is 13.3. The molecule has 0 fully saturated rings. The van der Waals surface area contributed by atoms with Crippen molar-refractivity contribution in [3.8, 4) is 43.8 Å². The maximum Gasteiger partial charge on any atom is 0.427 e. The highest BCUT2D eigenvalue weighted by molar-refractivity contribution is 7.48. The van der Waals surface area contributed by atoms with Gasteiger partial charge >= 0.3 is 12.4 Å². The minimum Gasteiger partial charge on any atom is -0.192 e. The van der Waals surface area contributed by atoms with E-state index in [1.165, 1.54) is 46.9 Å². The number of halogens is 6. The van der Waals surface area contributed by atoms with Crippen LogP contribution in [0, 0.1) is 45.3 Å². The van der Waals surface area contributed by atoms with E-state index in [2.05, 4.69) is 0 Å². The van der Waals surface area contributed by atoms with E-state index in [1.807, 2.05) is 12.1 Å². The van der Waals surface area contributed by atoms with Crippen LogP contribution in [0.4, 0.5) is 26.3 Å². The first-order valence-electron chi connectivity index (χ1n) is 12.6. The average molecular weight is 761 g/mol. The Morgan fingerprint density at radius 1 is 0.447 bits per heavy atom. The van der Waals surface area contributed by atoms with Crippen LogP contribution < -0.4 is 0 Å². The third-order valence-corrected chi connectivity index (χ3v) is 16.1. The number of alkyl halides is 6. The van der Waals surface area contributed by atoms with E-state index in [-0.39, 0.29) is 9.75 Å². The second kappa shape index (κ2) is 11.3. The summed E-state index contributed by atoms with van der Waals surface area (Å²) in [6, 6.07) is 15.4. The van der Waals surface area contributed by atoms with Crippen LogP contribution in [0.3, 0.4) is 0 Å². The third-order valence-electron chi connectivity index (χ3n) is 6.76. The van der Waals surface area contributed by atoms with Crippen molar-refractivity contribution in [1.82, 2.24) is 0 Å². The standard InChI is InChI=1S/C30H6F6N4S7/c31-29(32,33)13(9-39)11(7-37)15-1-3-17(41-15)19-5-21-23(43-19)25-27(45-21)28-26(47-25)24-22(46-28)6-20(44-24)18-4-2-16(42-18)12(8-38)14(10-40)30(34,35)36/h1-6H/b13-11+,14-12+. The first kappa shape index (κ1) is 31.6. The zero-order valence-corrected chi connectivity index (χ0v) is 28.1. The number of nitrogens with zero attached hydrogens (tertiary/aromatic N) is 4. The molecule has 4 nitrogen and oxygen atoms in total. The summed E-state index contributed by atoms with van der Waals surface area (Å²) in [4.78, 5) is 3.15. The van der Waals surface area contributed by atoms with Gasteiger partial charge in [-0.3, -0.25) is 0 Å². The highest BCUT2D eigenvalue weighted by atomic mass is 32.1. The minimum absolute atomic E-state index is 0.0643. The van der Waals surface area contributed by atoms with Crippen molar-refractivity contribution in [2.75, 3.05) is 0 Å². The molecule has 0 amide bonds. The molecule has 0 saturated heterocycles. The lowest BCUT2D eigenvalue weighted by molar-refractivity contribution is -0.0876. The van der Waals surface area contributed by atoms with Gasteiger partial charge in [-0.15, -0.1) is 79.4 Å². The summed E-state index contributed by atoms with van der Waals surface area (Å²) in [7, 11) is 0. The average Bonchev–Trinajstić information content (AvgIpc) is 3.83. The molecule has 0 aliphatic heterocycles. The van der Waals surface area contributed by atoms with Crippen LogP contribution in [-0.4, -0.2) is 12.4 Å². The third kappa shape index (κ3) is 5.16. The Morgan fingerprint density at radius 3 is 1.17 bits per heavy atom. The Hall–Kier alpha value is -4.04. The molecule has 7 aromatic heterocycles. The van der Waals surface area contributed by atoms with Crippen LogP contribution in [0.2, 0.25) is 0 Å². The molecular weight excluding hydrogens is 755 g/mol. The van der Waals surface area contributed by atoms with Crippen molar-refractivity contribution in [1.29, 1.82) is 21.0 Å². The molecule has 0 unspecified atom stereocenters. The van der Waals surface area contributed by atoms with Crippen LogP contribution in [-0.2, 0) is 0 Å². The van der Waals surface area contributed by atoms with E-state index in [1.54, 1.807) is 46.1 Å². The number of hydrogen-bond acceptors (Lipinski definition) is 11. The van der Waals surface area contributed by atoms with Gasteiger partial charge in [0, 0.05) is 38.7 Å². The molecule has 47 heavy (non-hydrogen) atoms. The Bertz CT molecular complexity index is 2480. The normalized spacial score (nSPS) is 13.5. The SMILES string of the molecule is N#C/C(=C(/C#N)C(F)(F)F)c1ccc(-c2cc3sc4c(sc5c6sc(-c7ccc(/C(C#N)=C(\C#N)C(F)(F)F)s7)cc6sc54)c3s2)s1. The number of nitriles is 4. The zero-order chi connectivity index (χ0) is 33.4. The first-order chi connectivity index (χ1) is 22.4. The molecule has 17 heteroatoms. The van der Waals surface area contributed by atoms with Gasteiger partial charge in [0.25, 0.3) is 0 Å². The largest absolute Gasteiger partial charge is 0.427 e. The van der Waals surface area contributed by atoms with Crippen molar-refractivity contribution in [3.05, 3.63) is 57.3 Å². The summed E-state index contributed by atoms with van der Waals surface area (Å²) in [6.07, 6.45) is -9.88. The molecule has 7 rings (SSSR count). The van der Waals surface area contributed by atoms with Crippen LogP contribution in [0.1, 0.15) is 9.75 Å². The van der Waals surface area contributed by atoms with Gasteiger partial charge in [-0.05, 0) is 36.4 Å². The van der Waals surface area contributed by atoms with Gasteiger partial charge < -0.3 is 0 Å². The van der Waals surface area contributed by atoms with Gasteiger partial charge in [-0.25, -0.2) is 0 Å². The highest BCUT2D eigenvalue weighted by Crippen LogP contribution is 2.55. The summed E-state index contributed by atoms with van der Waals surface area (Å²) in [5.41, 5.74) is -4.46. The van der Waals surface area contributed by atoms with Crippen molar-refractivity contribution in [2.24, 2.45) is 0 Å². The van der Waals surface area contributed by atoms with Crippen LogP contribution in [0.5, 0.6) is 0 Å². The predicted octanol–water partition coefficient (Wildman–Crippen LogP) is 12.8. The second-order valence-electron chi connectivity index (χ2n) is 9.50. The molecular formula is C30H6F6N4S7. The smallest absolute Gasteiger partial charge is 0.192 e. The molecule has 0 saturated carbocycles. The predicted molar refractivity (Wildman–Crippen MR) is 181 cm³/mol. The molecule has 0 aliphatic carbocycles. The summed E-state index contributed by atoms with van der Waals surface area (Å²) >= 11 is 9.89. The second-order valence-corrected chi connectivity index (χ2v) is 16.9.